The first-order valence-corrected chi connectivity index (χ1v) is 10.2. The van der Waals surface area contributed by atoms with Gasteiger partial charge in [-0.05, 0) is 49.2 Å². The average Bonchev–Trinajstić information content (AvgIpc) is 3.27. The average molecular weight is 452 g/mol. The van der Waals surface area contributed by atoms with Crippen LogP contribution in [0.3, 0.4) is 0 Å². The van der Waals surface area contributed by atoms with E-state index in [0.717, 1.165) is 30.8 Å². The Morgan fingerprint density at radius 2 is 1.73 bits per heavy atom. The molecule has 1 amide bonds. The van der Waals surface area contributed by atoms with E-state index in [-0.39, 0.29) is 42.9 Å². The molecule has 2 N–H and O–H groups in total. The molecule has 0 bridgehead atoms. The lowest BCUT2D eigenvalue weighted by Crippen LogP contribution is -2.51. The molecule has 2 saturated heterocycles. The second-order valence-corrected chi connectivity index (χ2v) is 7.68. The number of carbonyl (C=O) groups excluding carboxylic acids is 1. The number of benzene rings is 2. The summed E-state index contributed by atoms with van der Waals surface area (Å²) < 4.78 is 6.21. The number of morpholine rings is 1. The number of nitrogens with two attached hydrogens (primary N) is 1. The highest BCUT2D eigenvalue weighted by Crippen LogP contribution is 2.32. The summed E-state index contributed by atoms with van der Waals surface area (Å²) in [5, 5.41) is 0. The lowest BCUT2D eigenvalue weighted by molar-refractivity contribution is -0.0707. The zero-order valence-corrected chi connectivity index (χ0v) is 18.7. The third-order valence-electron chi connectivity index (χ3n) is 5.80. The number of hydrogen-bond acceptors (Lipinski definition) is 4. The molecule has 4 rings (SSSR count). The number of halogens is 2. The normalized spacial score (nSPS) is 21.6. The van der Waals surface area contributed by atoms with Gasteiger partial charge in [0.05, 0.1) is 18.8 Å². The molecular weight excluding hydrogens is 421 g/mol. The molecule has 2 fully saturated rings. The van der Waals surface area contributed by atoms with Crippen LogP contribution < -0.4 is 5.73 Å². The van der Waals surface area contributed by atoms with Crippen LogP contribution in [-0.4, -0.2) is 54.6 Å². The third-order valence-corrected chi connectivity index (χ3v) is 5.80. The fraction of sp³-hybridized carbons (Fsp3) is 0.435. The second-order valence-electron chi connectivity index (χ2n) is 7.68. The van der Waals surface area contributed by atoms with Crippen molar-refractivity contribution >= 4 is 30.7 Å². The van der Waals surface area contributed by atoms with Gasteiger partial charge in [-0.25, -0.2) is 0 Å². The summed E-state index contributed by atoms with van der Waals surface area (Å²) >= 11 is 0. The lowest BCUT2D eigenvalue weighted by Gasteiger charge is -2.43. The fourth-order valence-corrected chi connectivity index (χ4v) is 4.38. The van der Waals surface area contributed by atoms with Crippen LogP contribution in [0.15, 0.2) is 54.6 Å². The Kier molecular flexibility index (Phi) is 9.59. The van der Waals surface area contributed by atoms with Crippen LogP contribution in [0.25, 0.3) is 0 Å². The summed E-state index contributed by atoms with van der Waals surface area (Å²) in [6.45, 7) is 4.71. The SMILES string of the molecule is Cl.Cl.NCc1cccc(C(=O)N2CCO[C@@H](CN3CCCC3)[C@@H]2c2ccccc2)c1. The van der Waals surface area contributed by atoms with Crippen molar-refractivity contribution in [2.45, 2.75) is 31.5 Å². The van der Waals surface area contributed by atoms with E-state index in [2.05, 4.69) is 17.0 Å². The van der Waals surface area contributed by atoms with Gasteiger partial charge in [0.25, 0.3) is 5.91 Å². The molecule has 0 radical (unpaired) electrons. The summed E-state index contributed by atoms with van der Waals surface area (Å²) in [6, 6.07) is 17.9. The van der Waals surface area contributed by atoms with Crippen molar-refractivity contribution in [2.75, 3.05) is 32.8 Å². The molecule has 30 heavy (non-hydrogen) atoms. The Bertz CT molecular complexity index is 800. The highest BCUT2D eigenvalue weighted by atomic mass is 35.5. The largest absolute Gasteiger partial charge is 0.373 e. The zero-order chi connectivity index (χ0) is 19.3. The maximum absolute atomic E-state index is 13.5. The Labute approximate surface area is 191 Å². The second kappa shape index (κ2) is 11.7. The van der Waals surface area contributed by atoms with Gasteiger partial charge in [-0.15, -0.1) is 24.8 Å². The molecule has 5 nitrogen and oxygen atoms in total. The number of likely N-dealkylation sites (tertiary alicyclic amines) is 1. The predicted octanol–water partition coefficient (Wildman–Crippen LogP) is 3.67. The van der Waals surface area contributed by atoms with Crippen LogP contribution in [-0.2, 0) is 11.3 Å². The highest BCUT2D eigenvalue weighted by molar-refractivity contribution is 5.94. The molecule has 0 saturated carbocycles. The van der Waals surface area contributed by atoms with E-state index >= 15 is 0 Å². The van der Waals surface area contributed by atoms with Gasteiger partial charge in [0.15, 0.2) is 0 Å². The first-order valence-electron chi connectivity index (χ1n) is 10.2. The van der Waals surface area contributed by atoms with Crippen molar-refractivity contribution in [1.82, 2.24) is 9.80 Å². The maximum Gasteiger partial charge on any atom is 0.254 e. The summed E-state index contributed by atoms with van der Waals surface area (Å²) in [6.07, 6.45) is 2.48. The number of nitrogens with zero attached hydrogens (tertiary/aromatic N) is 2. The summed E-state index contributed by atoms with van der Waals surface area (Å²) in [5.74, 6) is 0.0545. The van der Waals surface area contributed by atoms with E-state index in [4.69, 9.17) is 10.5 Å². The zero-order valence-electron chi connectivity index (χ0n) is 17.1. The monoisotopic (exact) mass is 451 g/mol. The molecule has 2 atom stereocenters. The third kappa shape index (κ3) is 5.54. The minimum Gasteiger partial charge on any atom is -0.373 e. The van der Waals surface area contributed by atoms with Gasteiger partial charge in [0, 0.05) is 25.2 Å². The molecule has 2 heterocycles. The molecule has 2 aliphatic heterocycles. The van der Waals surface area contributed by atoms with Crippen LogP contribution in [0, 0.1) is 0 Å². The van der Waals surface area contributed by atoms with E-state index in [9.17, 15) is 4.79 Å². The molecule has 0 unspecified atom stereocenters. The molecule has 0 spiro atoms. The number of amides is 1. The fourth-order valence-electron chi connectivity index (χ4n) is 4.38. The number of hydrogen-bond donors (Lipinski definition) is 1. The first-order chi connectivity index (χ1) is 13.8. The molecule has 2 aliphatic rings. The summed E-state index contributed by atoms with van der Waals surface area (Å²) in [5.41, 5.74) is 8.59. The Hall–Kier alpha value is -1.63. The molecule has 2 aromatic rings. The van der Waals surface area contributed by atoms with E-state index in [1.807, 2.05) is 47.4 Å². The standard InChI is InChI=1S/C23H29N3O2.2ClH/c24-16-18-7-6-10-20(15-18)23(27)26-13-14-28-21(17-25-11-4-5-12-25)22(26)19-8-2-1-3-9-19;;/h1-3,6-10,15,21-22H,4-5,11-14,16-17,24H2;2*1H/t21-,22-;;/m0../s1. The van der Waals surface area contributed by atoms with Crippen molar-refractivity contribution in [1.29, 1.82) is 0 Å². The van der Waals surface area contributed by atoms with Crippen molar-refractivity contribution < 1.29 is 9.53 Å². The Morgan fingerprint density at radius 1 is 1.00 bits per heavy atom. The highest BCUT2D eigenvalue weighted by Gasteiger charge is 2.37. The van der Waals surface area contributed by atoms with Crippen LogP contribution in [0.4, 0.5) is 0 Å². The van der Waals surface area contributed by atoms with Gasteiger partial charge in [0.1, 0.15) is 0 Å². The first kappa shape index (κ1) is 24.6. The number of ether oxygens (including phenoxy) is 1. The number of carbonyl (C=O) groups is 1. The van der Waals surface area contributed by atoms with Gasteiger partial charge >= 0.3 is 0 Å². The Balaban J connectivity index is 0.00000160. The van der Waals surface area contributed by atoms with Crippen molar-refractivity contribution in [3.05, 3.63) is 71.3 Å². The Morgan fingerprint density at radius 3 is 2.43 bits per heavy atom. The topological polar surface area (TPSA) is 58.8 Å². The predicted molar refractivity (Wildman–Crippen MR) is 124 cm³/mol. The molecule has 164 valence electrons. The molecule has 2 aromatic carbocycles. The van der Waals surface area contributed by atoms with E-state index in [1.165, 1.54) is 12.8 Å². The molecule has 0 aromatic heterocycles. The van der Waals surface area contributed by atoms with Gasteiger partial charge in [-0.3, -0.25) is 4.79 Å². The van der Waals surface area contributed by atoms with Gasteiger partial charge in [-0.1, -0.05) is 42.5 Å². The van der Waals surface area contributed by atoms with Gasteiger partial charge < -0.3 is 20.3 Å². The lowest BCUT2D eigenvalue weighted by atomic mass is 9.96. The van der Waals surface area contributed by atoms with Crippen LogP contribution in [0.5, 0.6) is 0 Å². The van der Waals surface area contributed by atoms with Crippen LogP contribution >= 0.6 is 24.8 Å². The smallest absolute Gasteiger partial charge is 0.254 e. The molecular formula is C23H31Cl2N3O2. The number of rotatable bonds is 5. The van der Waals surface area contributed by atoms with E-state index in [1.54, 1.807) is 0 Å². The molecule has 7 heteroatoms. The summed E-state index contributed by atoms with van der Waals surface area (Å²) in [4.78, 5) is 17.9. The van der Waals surface area contributed by atoms with Crippen molar-refractivity contribution in [2.24, 2.45) is 5.73 Å². The van der Waals surface area contributed by atoms with Crippen LogP contribution in [0.2, 0.25) is 0 Å². The minimum atomic E-state index is -0.0791. The van der Waals surface area contributed by atoms with Gasteiger partial charge in [0.2, 0.25) is 0 Å². The van der Waals surface area contributed by atoms with Crippen molar-refractivity contribution in [3.8, 4) is 0 Å². The summed E-state index contributed by atoms with van der Waals surface area (Å²) in [7, 11) is 0. The van der Waals surface area contributed by atoms with Crippen LogP contribution in [0.1, 0.15) is 40.4 Å². The maximum atomic E-state index is 13.5. The minimum absolute atomic E-state index is 0. The van der Waals surface area contributed by atoms with E-state index < -0.39 is 0 Å². The van der Waals surface area contributed by atoms with Gasteiger partial charge in [-0.2, -0.15) is 0 Å². The quantitative estimate of drug-likeness (QED) is 0.752. The molecule has 0 aliphatic carbocycles. The van der Waals surface area contributed by atoms with E-state index in [0.29, 0.717) is 25.3 Å². The van der Waals surface area contributed by atoms with Crippen molar-refractivity contribution in [3.63, 3.8) is 0 Å².